The van der Waals surface area contributed by atoms with Gasteiger partial charge in [0.2, 0.25) is 0 Å². The van der Waals surface area contributed by atoms with E-state index in [0.717, 1.165) is 4.90 Å². The molecular formula is C15H14ClFOS. The second-order valence-corrected chi connectivity index (χ2v) is 5.82. The molecule has 0 aliphatic rings. The van der Waals surface area contributed by atoms with E-state index in [1.54, 1.807) is 25.1 Å². The number of hydrogen-bond acceptors (Lipinski definition) is 2. The topological polar surface area (TPSA) is 20.2 Å². The molecule has 100 valence electrons. The van der Waals surface area contributed by atoms with Crippen LogP contribution in [0, 0.1) is 12.7 Å². The Morgan fingerprint density at radius 3 is 2.74 bits per heavy atom. The molecule has 1 nitrogen and oxygen atoms in total. The first kappa shape index (κ1) is 14.4. The number of aryl methyl sites for hydroxylation is 1. The molecule has 2 aromatic rings. The van der Waals surface area contributed by atoms with Crippen LogP contribution in [0.15, 0.2) is 47.4 Å². The van der Waals surface area contributed by atoms with E-state index >= 15 is 0 Å². The zero-order chi connectivity index (χ0) is 13.8. The van der Waals surface area contributed by atoms with Gasteiger partial charge in [-0.15, -0.1) is 11.8 Å². The molecule has 1 atom stereocenters. The van der Waals surface area contributed by atoms with Crippen LogP contribution in [0.4, 0.5) is 4.39 Å². The minimum absolute atomic E-state index is 0.288. The maximum Gasteiger partial charge on any atom is 0.126 e. The van der Waals surface area contributed by atoms with Crippen molar-refractivity contribution in [3.8, 4) is 0 Å². The van der Waals surface area contributed by atoms with E-state index in [9.17, 15) is 9.50 Å². The van der Waals surface area contributed by atoms with Crippen LogP contribution < -0.4 is 0 Å². The number of hydrogen-bond donors (Lipinski definition) is 1. The molecule has 0 bridgehead atoms. The van der Waals surface area contributed by atoms with E-state index in [1.807, 2.05) is 18.2 Å². The van der Waals surface area contributed by atoms with Gasteiger partial charge in [0, 0.05) is 15.7 Å². The molecule has 1 N–H and O–H groups in total. The summed E-state index contributed by atoms with van der Waals surface area (Å²) in [5.74, 6) is 0.173. The molecular weight excluding hydrogens is 283 g/mol. The summed E-state index contributed by atoms with van der Waals surface area (Å²) in [6.45, 7) is 1.70. The normalized spacial score (nSPS) is 12.4. The van der Waals surface area contributed by atoms with Crippen LogP contribution in [-0.4, -0.2) is 10.9 Å². The van der Waals surface area contributed by atoms with Gasteiger partial charge in [-0.05, 0) is 42.3 Å². The Morgan fingerprint density at radius 2 is 2.05 bits per heavy atom. The van der Waals surface area contributed by atoms with Gasteiger partial charge in [0.05, 0.1) is 6.10 Å². The lowest BCUT2D eigenvalue weighted by atomic mass is 10.1. The molecule has 4 heteroatoms. The fourth-order valence-corrected chi connectivity index (χ4v) is 2.83. The molecule has 0 aliphatic carbocycles. The molecule has 0 aromatic heterocycles. The Bertz CT molecular complexity index is 574. The highest BCUT2D eigenvalue weighted by Gasteiger charge is 2.10. The Labute approximate surface area is 121 Å². The predicted octanol–water partition coefficient (Wildman–Crippen LogP) is 4.61. The summed E-state index contributed by atoms with van der Waals surface area (Å²) in [6.07, 6.45) is -0.695. The van der Waals surface area contributed by atoms with E-state index in [2.05, 4.69) is 0 Å². The molecule has 0 saturated heterocycles. The van der Waals surface area contributed by atoms with Crippen molar-refractivity contribution in [1.82, 2.24) is 0 Å². The summed E-state index contributed by atoms with van der Waals surface area (Å²) < 4.78 is 13.4. The van der Waals surface area contributed by atoms with E-state index < -0.39 is 6.10 Å². The maximum absolute atomic E-state index is 13.4. The third-order valence-electron chi connectivity index (χ3n) is 2.78. The number of benzene rings is 2. The van der Waals surface area contributed by atoms with Gasteiger partial charge >= 0.3 is 0 Å². The molecule has 0 saturated carbocycles. The van der Waals surface area contributed by atoms with Gasteiger partial charge in [-0.1, -0.05) is 29.8 Å². The van der Waals surface area contributed by atoms with E-state index in [0.29, 0.717) is 21.9 Å². The molecule has 2 aromatic carbocycles. The van der Waals surface area contributed by atoms with Crippen molar-refractivity contribution in [2.45, 2.75) is 17.9 Å². The van der Waals surface area contributed by atoms with Crippen molar-refractivity contribution in [3.05, 3.63) is 64.4 Å². The standard InChI is InChI=1S/C15H14ClFOS/c1-10-5-6-11(7-14(10)17)15(18)9-19-13-4-2-3-12(16)8-13/h2-8,15,18H,9H2,1H3. The van der Waals surface area contributed by atoms with Gasteiger partial charge < -0.3 is 5.11 Å². The lowest BCUT2D eigenvalue weighted by Crippen LogP contribution is -2.01. The van der Waals surface area contributed by atoms with Crippen molar-refractivity contribution in [3.63, 3.8) is 0 Å². The van der Waals surface area contributed by atoms with Gasteiger partial charge in [-0.3, -0.25) is 0 Å². The van der Waals surface area contributed by atoms with Crippen LogP contribution in [0.2, 0.25) is 5.02 Å². The van der Waals surface area contributed by atoms with Gasteiger partial charge in [0.25, 0.3) is 0 Å². The summed E-state index contributed by atoms with van der Waals surface area (Å²) in [5, 5.41) is 10.7. The van der Waals surface area contributed by atoms with Crippen molar-refractivity contribution < 1.29 is 9.50 Å². The van der Waals surface area contributed by atoms with E-state index in [-0.39, 0.29) is 5.82 Å². The average molecular weight is 297 g/mol. The zero-order valence-electron chi connectivity index (χ0n) is 10.4. The summed E-state index contributed by atoms with van der Waals surface area (Å²) in [6, 6.07) is 12.3. The molecule has 0 spiro atoms. The second-order valence-electron chi connectivity index (χ2n) is 4.29. The maximum atomic E-state index is 13.4. The molecule has 0 aliphatic heterocycles. The Hall–Kier alpha value is -1.03. The summed E-state index contributed by atoms with van der Waals surface area (Å²) in [4.78, 5) is 0.985. The number of aliphatic hydroxyl groups is 1. The van der Waals surface area contributed by atoms with Gasteiger partial charge in [0.1, 0.15) is 5.82 Å². The number of aliphatic hydroxyl groups excluding tert-OH is 1. The second kappa shape index (κ2) is 6.42. The smallest absolute Gasteiger partial charge is 0.126 e. The van der Waals surface area contributed by atoms with Gasteiger partial charge in [-0.25, -0.2) is 4.39 Å². The lowest BCUT2D eigenvalue weighted by molar-refractivity contribution is 0.203. The molecule has 2 rings (SSSR count). The van der Waals surface area contributed by atoms with E-state index in [4.69, 9.17) is 11.6 Å². The minimum atomic E-state index is -0.695. The first-order valence-electron chi connectivity index (χ1n) is 5.89. The van der Waals surface area contributed by atoms with Crippen molar-refractivity contribution in [2.24, 2.45) is 0 Å². The summed E-state index contributed by atoms with van der Waals surface area (Å²) >= 11 is 7.38. The van der Waals surface area contributed by atoms with E-state index in [1.165, 1.54) is 17.8 Å². The molecule has 0 heterocycles. The molecule has 0 amide bonds. The largest absolute Gasteiger partial charge is 0.388 e. The number of rotatable bonds is 4. The van der Waals surface area contributed by atoms with Crippen LogP contribution in [-0.2, 0) is 0 Å². The summed E-state index contributed by atoms with van der Waals surface area (Å²) in [7, 11) is 0. The summed E-state index contributed by atoms with van der Waals surface area (Å²) in [5.41, 5.74) is 1.18. The number of halogens is 2. The molecule has 0 fully saturated rings. The monoisotopic (exact) mass is 296 g/mol. The fourth-order valence-electron chi connectivity index (χ4n) is 1.64. The Kier molecular flexibility index (Phi) is 4.86. The van der Waals surface area contributed by atoms with Crippen LogP contribution in [0.1, 0.15) is 17.2 Å². The Morgan fingerprint density at radius 1 is 1.26 bits per heavy atom. The third kappa shape index (κ3) is 3.96. The predicted molar refractivity (Wildman–Crippen MR) is 78.3 cm³/mol. The first-order chi connectivity index (χ1) is 9.06. The van der Waals surface area contributed by atoms with Crippen LogP contribution in [0.5, 0.6) is 0 Å². The highest BCUT2D eigenvalue weighted by molar-refractivity contribution is 7.99. The first-order valence-corrected chi connectivity index (χ1v) is 7.25. The number of thioether (sulfide) groups is 1. The third-order valence-corrected chi connectivity index (χ3v) is 4.09. The zero-order valence-corrected chi connectivity index (χ0v) is 12.0. The Balaban J connectivity index is 2.01. The van der Waals surface area contributed by atoms with Crippen molar-refractivity contribution >= 4 is 23.4 Å². The molecule has 19 heavy (non-hydrogen) atoms. The van der Waals surface area contributed by atoms with Crippen molar-refractivity contribution in [1.29, 1.82) is 0 Å². The highest BCUT2D eigenvalue weighted by atomic mass is 35.5. The van der Waals surface area contributed by atoms with Crippen LogP contribution in [0.3, 0.4) is 0 Å². The molecule has 1 unspecified atom stereocenters. The van der Waals surface area contributed by atoms with Crippen molar-refractivity contribution in [2.75, 3.05) is 5.75 Å². The van der Waals surface area contributed by atoms with Crippen LogP contribution in [0.25, 0.3) is 0 Å². The van der Waals surface area contributed by atoms with Gasteiger partial charge in [0.15, 0.2) is 0 Å². The quantitative estimate of drug-likeness (QED) is 0.831. The average Bonchev–Trinajstić information content (AvgIpc) is 2.39. The molecule has 0 radical (unpaired) electrons. The highest BCUT2D eigenvalue weighted by Crippen LogP contribution is 2.27. The fraction of sp³-hybridized carbons (Fsp3) is 0.200. The van der Waals surface area contributed by atoms with Gasteiger partial charge in [-0.2, -0.15) is 0 Å². The minimum Gasteiger partial charge on any atom is -0.388 e. The SMILES string of the molecule is Cc1ccc(C(O)CSc2cccc(Cl)c2)cc1F. The lowest BCUT2D eigenvalue weighted by Gasteiger charge is -2.11. The van der Waals surface area contributed by atoms with Crippen LogP contribution >= 0.6 is 23.4 Å².